The Morgan fingerprint density at radius 2 is 2.05 bits per heavy atom. The Morgan fingerprint density at radius 1 is 1.33 bits per heavy atom. The van der Waals surface area contributed by atoms with Gasteiger partial charge in [0.05, 0.1) is 11.7 Å². The first kappa shape index (κ1) is 16.6. The normalized spacial score (nSPS) is 23.4. The van der Waals surface area contributed by atoms with Gasteiger partial charge >= 0.3 is 6.18 Å². The predicted octanol–water partition coefficient (Wildman–Crippen LogP) is 5.08. The SMILES string of the molecule is CC(C)C1CC(Nc2cc(C(F)(F)F)ccc2Br)CCO1. The van der Waals surface area contributed by atoms with E-state index in [0.29, 0.717) is 22.7 Å². The van der Waals surface area contributed by atoms with Gasteiger partial charge in [-0.3, -0.25) is 0 Å². The van der Waals surface area contributed by atoms with Crippen molar-refractivity contribution in [3.63, 3.8) is 0 Å². The molecule has 2 unspecified atom stereocenters. The summed E-state index contributed by atoms with van der Waals surface area (Å²) < 4.78 is 44.7. The van der Waals surface area contributed by atoms with Crippen LogP contribution >= 0.6 is 15.9 Å². The fourth-order valence-electron chi connectivity index (χ4n) is 2.46. The van der Waals surface area contributed by atoms with E-state index in [1.54, 1.807) is 0 Å². The summed E-state index contributed by atoms with van der Waals surface area (Å²) in [6.45, 7) is 4.82. The molecule has 1 heterocycles. The van der Waals surface area contributed by atoms with E-state index in [2.05, 4.69) is 35.1 Å². The number of anilines is 1. The van der Waals surface area contributed by atoms with E-state index in [4.69, 9.17) is 4.74 Å². The maximum atomic E-state index is 12.8. The maximum Gasteiger partial charge on any atom is 0.416 e. The Balaban J connectivity index is 2.12. The maximum absolute atomic E-state index is 12.8. The molecule has 1 saturated heterocycles. The Bertz CT molecular complexity index is 490. The molecule has 0 saturated carbocycles. The number of rotatable bonds is 3. The minimum atomic E-state index is -4.33. The second-order valence-electron chi connectivity index (χ2n) is 5.71. The lowest BCUT2D eigenvalue weighted by Gasteiger charge is -2.33. The van der Waals surface area contributed by atoms with Crippen LogP contribution in [-0.4, -0.2) is 18.8 Å². The predicted molar refractivity (Wildman–Crippen MR) is 80.4 cm³/mol. The van der Waals surface area contributed by atoms with Crippen molar-refractivity contribution in [1.29, 1.82) is 0 Å². The largest absolute Gasteiger partial charge is 0.416 e. The Kier molecular flexibility index (Phi) is 5.20. The van der Waals surface area contributed by atoms with Crippen molar-refractivity contribution in [2.45, 2.75) is 45.0 Å². The molecule has 2 nitrogen and oxygen atoms in total. The van der Waals surface area contributed by atoms with Gasteiger partial charge in [-0.1, -0.05) is 13.8 Å². The molecule has 1 aliphatic heterocycles. The molecule has 6 heteroatoms. The number of alkyl halides is 3. The minimum Gasteiger partial charge on any atom is -0.381 e. The van der Waals surface area contributed by atoms with Crippen LogP contribution in [0.3, 0.4) is 0 Å². The van der Waals surface area contributed by atoms with Crippen LogP contribution in [0, 0.1) is 5.92 Å². The van der Waals surface area contributed by atoms with E-state index >= 15 is 0 Å². The molecule has 0 amide bonds. The van der Waals surface area contributed by atoms with Crippen molar-refractivity contribution in [3.8, 4) is 0 Å². The number of hydrogen-bond acceptors (Lipinski definition) is 2. The average molecular weight is 366 g/mol. The van der Waals surface area contributed by atoms with Crippen LogP contribution < -0.4 is 5.32 Å². The van der Waals surface area contributed by atoms with Gasteiger partial charge in [-0.05, 0) is 52.9 Å². The molecule has 1 N–H and O–H groups in total. The van der Waals surface area contributed by atoms with Crippen molar-refractivity contribution in [3.05, 3.63) is 28.2 Å². The third-order valence-electron chi connectivity index (χ3n) is 3.71. The smallest absolute Gasteiger partial charge is 0.381 e. The molecule has 0 bridgehead atoms. The van der Waals surface area contributed by atoms with Crippen LogP contribution in [0.25, 0.3) is 0 Å². The van der Waals surface area contributed by atoms with E-state index in [-0.39, 0.29) is 12.1 Å². The second kappa shape index (κ2) is 6.57. The van der Waals surface area contributed by atoms with Gasteiger partial charge in [0.25, 0.3) is 0 Å². The topological polar surface area (TPSA) is 21.3 Å². The zero-order valence-corrected chi connectivity index (χ0v) is 13.6. The van der Waals surface area contributed by atoms with Gasteiger partial charge < -0.3 is 10.1 Å². The summed E-state index contributed by atoms with van der Waals surface area (Å²) in [5.74, 6) is 0.402. The lowest BCUT2D eigenvalue weighted by atomic mass is 9.95. The van der Waals surface area contributed by atoms with E-state index in [1.807, 2.05) is 0 Å². The highest BCUT2D eigenvalue weighted by molar-refractivity contribution is 9.10. The van der Waals surface area contributed by atoms with Gasteiger partial charge in [0, 0.05) is 22.8 Å². The van der Waals surface area contributed by atoms with Crippen LogP contribution in [0.5, 0.6) is 0 Å². The van der Waals surface area contributed by atoms with Gasteiger partial charge in [0.1, 0.15) is 0 Å². The van der Waals surface area contributed by atoms with Crippen molar-refractivity contribution in [2.75, 3.05) is 11.9 Å². The quantitative estimate of drug-likeness (QED) is 0.805. The first-order valence-electron chi connectivity index (χ1n) is 7.02. The van der Waals surface area contributed by atoms with E-state index < -0.39 is 11.7 Å². The molecular formula is C15H19BrF3NO. The Labute approximate surface area is 131 Å². The summed E-state index contributed by atoms with van der Waals surface area (Å²) in [5, 5.41) is 3.22. The molecule has 118 valence electrons. The van der Waals surface area contributed by atoms with E-state index in [0.717, 1.165) is 25.0 Å². The summed E-state index contributed by atoms with van der Waals surface area (Å²) in [5.41, 5.74) is -0.153. The summed E-state index contributed by atoms with van der Waals surface area (Å²) in [6, 6.07) is 3.80. The molecular weight excluding hydrogens is 347 g/mol. The minimum absolute atomic E-state index is 0.130. The first-order chi connectivity index (χ1) is 9.77. The van der Waals surface area contributed by atoms with Crippen LogP contribution in [0.2, 0.25) is 0 Å². The second-order valence-corrected chi connectivity index (χ2v) is 6.57. The van der Waals surface area contributed by atoms with Crippen LogP contribution in [0.1, 0.15) is 32.3 Å². The van der Waals surface area contributed by atoms with Crippen molar-refractivity contribution in [1.82, 2.24) is 0 Å². The van der Waals surface area contributed by atoms with Crippen LogP contribution in [-0.2, 0) is 10.9 Å². The van der Waals surface area contributed by atoms with E-state index in [1.165, 1.54) is 6.07 Å². The molecule has 0 radical (unpaired) electrons. The molecule has 1 aromatic rings. The zero-order chi connectivity index (χ0) is 15.6. The highest BCUT2D eigenvalue weighted by Crippen LogP contribution is 2.35. The first-order valence-corrected chi connectivity index (χ1v) is 7.81. The van der Waals surface area contributed by atoms with Crippen molar-refractivity contribution >= 4 is 21.6 Å². The molecule has 2 rings (SSSR count). The van der Waals surface area contributed by atoms with Gasteiger partial charge in [-0.2, -0.15) is 13.2 Å². The number of hydrogen-bond donors (Lipinski definition) is 1. The standard InChI is InChI=1S/C15H19BrF3NO/c1-9(2)14-8-11(5-6-21-14)20-13-7-10(15(17,18)19)3-4-12(13)16/h3-4,7,9,11,14,20H,5-6,8H2,1-2H3. The molecule has 0 aliphatic carbocycles. The van der Waals surface area contributed by atoms with Gasteiger partial charge in [-0.25, -0.2) is 0 Å². The monoisotopic (exact) mass is 365 g/mol. The third-order valence-corrected chi connectivity index (χ3v) is 4.40. The average Bonchev–Trinajstić information content (AvgIpc) is 2.40. The fourth-order valence-corrected chi connectivity index (χ4v) is 2.82. The molecule has 1 aromatic carbocycles. The number of nitrogens with one attached hydrogen (secondary N) is 1. The molecule has 1 aliphatic rings. The fraction of sp³-hybridized carbons (Fsp3) is 0.600. The highest BCUT2D eigenvalue weighted by Gasteiger charge is 2.31. The number of halogens is 4. The van der Waals surface area contributed by atoms with Gasteiger partial charge in [0.15, 0.2) is 0 Å². The lowest BCUT2D eigenvalue weighted by Crippen LogP contribution is -2.36. The third kappa shape index (κ3) is 4.36. The zero-order valence-electron chi connectivity index (χ0n) is 12.0. The van der Waals surface area contributed by atoms with Crippen molar-refractivity contribution in [2.24, 2.45) is 5.92 Å². The van der Waals surface area contributed by atoms with Gasteiger partial charge in [-0.15, -0.1) is 0 Å². The van der Waals surface area contributed by atoms with E-state index in [9.17, 15) is 13.2 Å². The summed E-state index contributed by atoms with van der Waals surface area (Å²) in [4.78, 5) is 0. The molecule has 0 aromatic heterocycles. The highest BCUT2D eigenvalue weighted by atomic mass is 79.9. The summed E-state index contributed by atoms with van der Waals surface area (Å²) >= 11 is 3.31. The van der Waals surface area contributed by atoms with Crippen molar-refractivity contribution < 1.29 is 17.9 Å². The Morgan fingerprint density at radius 3 is 2.67 bits per heavy atom. The summed E-state index contributed by atoms with van der Waals surface area (Å²) in [7, 11) is 0. The molecule has 2 atom stereocenters. The molecule has 0 spiro atoms. The number of ether oxygens (including phenoxy) is 1. The number of benzene rings is 1. The van der Waals surface area contributed by atoms with Crippen LogP contribution in [0.15, 0.2) is 22.7 Å². The van der Waals surface area contributed by atoms with Gasteiger partial charge in [0.2, 0.25) is 0 Å². The lowest BCUT2D eigenvalue weighted by molar-refractivity contribution is -0.137. The summed E-state index contributed by atoms with van der Waals surface area (Å²) in [6.07, 6.45) is -2.57. The Hall–Kier alpha value is -0.750. The molecule has 21 heavy (non-hydrogen) atoms. The van der Waals surface area contributed by atoms with Crippen LogP contribution in [0.4, 0.5) is 18.9 Å². The molecule has 1 fully saturated rings.